The van der Waals surface area contributed by atoms with Crippen molar-refractivity contribution in [3.8, 4) is 0 Å². The first-order chi connectivity index (χ1) is 8.69. The molecule has 0 aromatic carbocycles. The number of rotatable bonds is 5. The van der Waals surface area contributed by atoms with Crippen LogP contribution in [0.2, 0.25) is 0 Å². The number of aliphatic hydroxyl groups is 1. The summed E-state index contributed by atoms with van der Waals surface area (Å²) >= 11 is 1.80. The number of nitrogens with zero attached hydrogens (tertiary/aromatic N) is 1. The average Bonchev–Trinajstić information content (AvgIpc) is 2.76. The smallest absolute Gasteiger partial charge is 0.308 e. The summed E-state index contributed by atoms with van der Waals surface area (Å²) in [4.78, 5) is 14.9. The van der Waals surface area contributed by atoms with Crippen LogP contribution in [0.5, 0.6) is 0 Å². The van der Waals surface area contributed by atoms with E-state index in [1.54, 1.807) is 18.3 Å². The molecule has 1 aromatic heterocycles. The van der Waals surface area contributed by atoms with Gasteiger partial charge in [-0.2, -0.15) is 0 Å². The highest BCUT2D eigenvalue weighted by molar-refractivity contribution is 7.10. The van der Waals surface area contributed by atoms with E-state index in [1.807, 2.05) is 0 Å². The van der Waals surface area contributed by atoms with Gasteiger partial charge in [-0.3, -0.25) is 9.69 Å². The average molecular weight is 269 g/mol. The standard InChI is InChI=1S/C13H19NO3S/c1-2-17-13(16)7-11(15)9-14-5-3-12-10(8-14)4-6-18-12/h4,6,11,15H,2-3,5,7-9H2,1H3. The molecular weight excluding hydrogens is 250 g/mol. The van der Waals surface area contributed by atoms with E-state index in [0.29, 0.717) is 13.2 Å². The van der Waals surface area contributed by atoms with Gasteiger partial charge in [0.1, 0.15) is 0 Å². The molecule has 0 bridgehead atoms. The van der Waals surface area contributed by atoms with Crippen LogP contribution in [-0.2, 0) is 22.5 Å². The molecule has 1 aromatic rings. The highest BCUT2D eigenvalue weighted by Crippen LogP contribution is 2.24. The molecule has 5 heteroatoms. The van der Waals surface area contributed by atoms with Gasteiger partial charge in [-0.1, -0.05) is 0 Å². The van der Waals surface area contributed by atoms with E-state index in [9.17, 15) is 9.90 Å². The van der Waals surface area contributed by atoms with Crippen molar-refractivity contribution in [2.45, 2.75) is 32.4 Å². The van der Waals surface area contributed by atoms with E-state index >= 15 is 0 Å². The molecule has 1 unspecified atom stereocenters. The van der Waals surface area contributed by atoms with E-state index < -0.39 is 6.10 Å². The number of hydrogen-bond donors (Lipinski definition) is 1. The summed E-state index contributed by atoms with van der Waals surface area (Å²) in [7, 11) is 0. The van der Waals surface area contributed by atoms with Crippen molar-refractivity contribution in [1.82, 2.24) is 4.90 Å². The Balaban J connectivity index is 1.79. The predicted molar refractivity (Wildman–Crippen MR) is 70.6 cm³/mol. The number of ether oxygens (including phenoxy) is 1. The van der Waals surface area contributed by atoms with E-state index in [0.717, 1.165) is 19.5 Å². The quantitative estimate of drug-likeness (QED) is 0.821. The summed E-state index contributed by atoms with van der Waals surface area (Å²) in [6.45, 7) is 4.50. The third-order valence-corrected chi connectivity index (χ3v) is 4.09. The van der Waals surface area contributed by atoms with Gasteiger partial charge in [0.05, 0.1) is 19.1 Å². The maximum Gasteiger partial charge on any atom is 0.308 e. The Morgan fingerprint density at radius 3 is 3.28 bits per heavy atom. The summed E-state index contributed by atoms with van der Waals surface area (Å²) in [5.41, 5.74) is 1.36. The first-order valence-corrected chi connectivity index (χ1v) is 7.18. The number of β-amino-alcohol motifs (C(OH)–C–C–N with tert-alkyl or cyclic N) is 1. The second kappa shape index (κ2) is 6.31. The molecular formula is C13H19NO3S. The fourth-order valence-electron chi connectivity index (χ4n) is 2.24. The number of fused-ring (bicyclic) bond motifs is 1. The summed E-state index contributed by atoms with van der Waals surface area (Å²) in [5.74, 6) is -0.321. The Hall–Kier alpha value is -0.910. The van der Waals surface area contributed by atoms with E-state index in [4.69, 9.17) is 4.74 Å². The van der Waals surface area contributed by atoms with E-state index in [-0.39, 0.29) is 12.4 Å². The van der Waals surface area contributed by atoms with Gasteiger partial charge >= 0.3 is 5.97 Å². The molecule has 18 heavy (non-hydrogen) atoms. The topological polar surface area (TPSA) is 49.8 Å². The molecule has 1 atom stereocenters. The molecule has 0 saturated heterocycles. The molecule has 1 N–H and O–H groups in total. The SMILES string of the molecule is CCOC(=O)CC(O)CN1CCc2sccc2C1. The summed E-state index contributed by atoms with van der Waals surface area (Å²) in [6.07, 6.45) is 0.490. The molecule has 100 valence electrons. The third-order valence-electron chi connectivity index (χ3n) is 3.06. The lowest BCUT2D eigenvalue weighted by atomic mass is 10.1. The largest absolute Gasteiger partial charge is 0.466 e. The third kappa shape index (κ3) is 3.54. The molecule has 1 aliphatic heterocycles. The van der Waals surface area contributed by atoms with Gasteiger partial charge in [0.2, 0.25) is 0 Å². The van der Waals surface area contributed by atoms with Gasteiger partial charge in [-0.05, 0) is 30.4 Å². The first kappa shape index (κ1) is 13.5. The Kier molecular flexibility index (Phi) is 4.74. The molecule has 1 aliphatic rings. The first-order valence-electron chi connectivity index (χ1n) is 6.30. The zero-order valence-corrected chi connectivity index (χ0v) is 11.4. The van der Waals surface area contributed by atoms with Gasteiger partial charge in [0.15, 0.2) is 0 Å². The molecule has 0 amide bonds. The zero-order valence-electron chi connectivity index (χ0n) is 10.6. The zero-order chi connectivity index (χ0) is 13.0. The number of aliphatic hydroxyl groups excluding tert-OH is 1. The number of carbonyl (C=O) groups excluding carboxylic acids is 1. The number of hydrogen-bond acceptors (Lipinski definition) is 5. The van der Waals surface area contributed by atoms with Crippen molar-refractivity contribution in [3.63, 3.8) is 0 Å². The lowest BCUT2D eigenvalue weighted by molar-refractivity contribution is -0.145. The Labute approximate surface area is 111 Å². The summed E-state index contributed by atoms with van der Waals surface area (Å²) in [5, 5.41) is 12.0. The highest BCUT2D eigenvalue weighted by Gasteiger charge is 2.21. The highest BCUT2D eigenvalue weighted by atomic mass is 32.1. The van der Waals surface area contributed by atoms with Crippen LogP contribution >= 0.6 is 11.3 Å². The van der Waals surface area contributed by atoms with Crippen molar-refractivity contribution in [2.24, 2.45) is 0 Å². The lowest BCUT2D eigenvalue weighted by Crippen LogP contribution is -2.37. The maximum atomic E-state index is 11.3. The lowest BCUT2D eigenvalue weighted by Gasteiger charge is -2.28. The van der Waals surface area contributed by atoms with E-state index in [1.165, 1.54) is 10.4 Å². The van der Waals surface area contributed by atoms with Crippen LogP contribution in [0.3, 0.4) is 0 Å². The van der Waals surface area contributed by atoms with Gasteiger partial charge in [0.25, 0.3) is 0 Å². The Bertz CT molecular complexity index is 405. The molecule has 0 spiro atoms. The number of esters is 1. The van der Waals surface area contributed by atoms with Crippen molar-refractivity contribution >= 4 is 17.3 Å². The van der Waals surface area contributed by atoms with Crippen molar-refractivity contribution in [1.29, 1.82) is 0 Å². The van der Waals surface area contributed by atoms with Crippen LogP contribution in [0.4, 0.5) is 0 Å². The van der Waals surface area contributed by atoms with Gasteiger partial charge in [0, 0.05) is 24.5 Å². The second-order valence-electron chi connectivity index (χ2n) is 4.52. The molecule has 0 radical (unpaired) electrons. The minimum Gasteiger partial charge on any atom is -0.466 e. The van der Waals surface area contributed by atoms with Crippen molar-refractivity contribution in [2.75, 3.05) is 19.7 Å². The minimum atomic E-state index is -0.635. The van der Waals surface area contributed by atoms with Crippen molar-refractivity contribution in [3.05, 3.63) is 21.9 Å². The number of thiophene rings is 1. The van der Waals surface area contributed by atoms with Crippen LogP contribution in [0.15, 0.2) is 11.4 Å². The number of carbonyl (C=O) groups is 1. The van der Waals surface area contributed by atoms with E-state index in [2.05, 4.69) is 16.3 Å². The maximum absolute atomic E-state index is 11.3. The molecule has 0 aliphatic carbocycles. The van der Waals surface area contributed by atoms with Crippen LogP contribution in [-0.4, -0.2) is 41.8 Å². The molecule has 4 nitrogen and oxygen atoms in total. The van der Waals surface area contributed by atoms with Crippen LogP contribution in [0, 0.1) is 0 Å². The van der Waals surface area contributed by atoms with Crippen LogP contribution in [0.25, 0.3) is 0 Å². The monoisotopic (exact) mass is 269 g/mol. The summed E-state index contributed by atoms with van der Waals surface area (Å²) in [6, 6.07) is 2.14. The fraction of sp³-hybridized carbons (Fsp3) is 0.615. The predicted octanol–water partition coefficient (Wildman–Crippen LogP) is 1.42. The van der Waals surface area contributed by atoms with Crippen LogP contribution in [0.1, 0.15) is 23.8 Å². The normalized spacial score (nSPS) is 17.2. The summed E-state index contributed by atoms with van der Waals surface area (Å²) < 4.78 is 4.83. The molecule has 0 saturated carbocycles. The Morgan fingerprint density at radius 1 is 1.67 bits per heavy atom. The Morgan fingerprint density at radius 2 is 2.50 bits per heavy atom. The van der Waals surface area contributed by atoms with Crippen molar-refractivity contribution < 1.29 is 14.6 Å². The van der Waals surface area contributed by atoms with Gasteiger partial charge in [-0.15, -0.1) is 11.3 Å². The van der Waals surface area contributed by atoms with Gasteiger partial charge in [-0.25, -0.2) is 0 Å². The molecule has 2 heterocycles. The molecule has 2 rings (SSSR count). The molecule has 0 fully saturated rings. The van der Waals surface area contributed by atoms with Gasteiger partial charge < -0.3 is 9.84 Å². The van der Waals surface area contributed by atoms with Crippen LogP contribution < -0.4 is 0 Å². The minimum absolute atomic E-state index is 0.0842. The second-order valence-corrected chi connectivity index (χ2v) is 5.52. The fourth-order valence-corrected chi connectivity index (χ4v) is 3.13.